The number of aliphatic hydroxyl groups excluding tert-OH is 1. The topological polar surface area (TPSA) is 55.2 Å². The van der Waals surface area contributed by atoms with Gasteiger partial charge in [-0.05, 0) is 30.3 Å². The highest BCUT2D eigenvalue weighted by Gasteiger charge is 2.10. The van der Waals surface area contributed by atoms with E-state index in [1.807, 2.05) is 18.2 Å². The standard InChI is InChI=1S/C15H11FN2O2/c16-11-7-10(9-19)15(18-8-11)20-14-5-1-4-13-12(14)3-2-6-17-13/h1-8,19H,9H2. The number of halogens is 1. The van der Waals surface area contributed by atoms with Crippen molar-refractivity contribution in [1.29, 1.82) is 0 Å². The highest BCUT2D eigenvalue weighted by Crippen LogP contribution is 2.29. The minimum absolute atomic E-state index is 0.185. The molecule has 0 radical (unpaired) electrons. The Labute approximate surface area is 114 Å². The van der Waals surface area contributed by atoms with E-state index in [2.05, 4.69) is 9.97 Å². The van der Waals surface area contributed by atoms with E-state index in [0.717, 1.165) is 17.1 Å². The lowest BCUT2D eigenvalue weighted by Gasteiger charge is -2.10. The fourth-order valence-corrected chi connectivity index (χ4v) is 1.94. The van der Waals surface area contributed by atoms with Crippen LogP contribution in [0.25, 0.3) is 10.9 Å². The van der Waals surface area contributed by atoms with Crippen molar-refractivity contribution in [2.24, 2.45) is 0 Å². The first-order valence-electron chi connectivity index (χ1n) is 6.05. The zero-order valence-electron chi connectivity index (χ0n) is 10.5. The van der Waals surface area contributed by atoms with Crippen molar-refractivity contribution in [2.75, 3.05) is 0 Å². The van der Waals surface area contributed by atoms with Gasteiger partial charge in [0.1, 0.15) is 11.6 Å². The van der Waals surface area contributed by atoms with E-state index in [-0.39, 0.29) is 12.5 Å². The molecule has 0 saturated heterocycles. The van der Waals surface area contributed by atoms with Crippen LogP contribution in [0.5, 0.6) is 11.6 Å². The Morgan fingerprint density at radius 2 is 2.05 bits per heavy atom. The molecule has 0 amide bonds. The van der Waals surface area contributed by atoms with Gasteiger partial charge in [-0.2, -0.15) is 0 Å². The number of benzene rings is 1. The Morgan fingerprint density at radius 1 is 1.15 bits per heavy atom. The average molecular weight is 270 g/mol. The molecule has 0 aliphatic heterocycles. The van der Waals surface area contributed by atoms with Gasteiger partial charge in [0.15, 0.2) is 0 Å². The summed E-state index contributed by atoms with van der Waals surface area (Å²) in [5.41, 5.74) is 1.09. The summed E-state index contributed by atoms with van der Waals surface area (Å²) in [6.45, 7) is -0.344. The fraction of sp³-hybridized carbons (Fsp3) is 0.0667. The predicted molar refractivity (Wildman–Crippen MR) is 71.9 cm³/mol. The third kappa shape index (κ3) is 2.31. The lowest BCUT2D eigenvalue weighted by molar-refractivity contribution is 0.274. The molecule has 2 aromatic heterocycles. The second-order valence-electron chi connectivity index (χ2n) is 4.20. The molecule has 0 atom stereocenters. The summed E-state index contributed by atoms with van der Waals surface area (Å²) in [5.74, 6) is 0.232. The van der Waals surface area contributed by atoms with Crippen molar-refractivity contribution < 1.29 is 14.2 Å². The van der Waals surface area contributed by atoms with Crippen molar-refractivity contribution in [3.05, 3.63) is 60.2 Å². The van der Waals surface area contributed by atoms with Gasteiger partial charge < -0.3 is 9.84 Å². The summed E-state index contributed by atoms with van der Waals surface area (Å²) in [6, 6.07) is 10.3. The van der Waals surface area contributed by atoms with Crippen LogP contribution in [0, 0.1) is 5.82 Å². The molecular weight excluding hydrogens is 259 g/mol. The van der Waals surface area contributed by atoms with Gasteiger partial charge in [-0.15, -0.1) is 0 Å². The molecule has 20 heavy (non-hydrogen) atoms. The van der Waals surface area contributed by atoms with E-state index >= 15 is 0 Å². The lowest BCUT2D eigenvalue weighted by Crippen LogP contribution is -1.96. The minimum Gasteiger partial charge on any atom is -0.438 e. The number of aliphatic hydroxyl groups is 1. The van der Waals surface area contributed by atoms with Gasteiger partial charge in [-0.25, -0.2) is 9.37 Å². The second-order valence-corrected chi connectivity index (χ2v) is 4.20. The van der Waals surface area contributed by atoms with E-state index < -0.39 is 5.82 Å². The molecule has 2 heterocycles. The van der Waals surface area contributed by atoms with Crippen molar-refractivity contribution in [1.82, 2.24) is 9.97 Å². The number of hydrogen-bond donors (Lipinski definition) is 1. The summed E-state index contributed by atoms with van der Waals surface area (Å²) in [7, 11) is 0. The molecule has 0 bridgehead atoms. The van der Waals surface area contributed by atoms with E-state index in [1.165, 1.54) is 6.07 Å². The Morgan fingerprint density at radius 3 is 2.90 bits per heavy atom. The number of aromatic nitrogens is 2. The van der Waals surface area contributed by atoms with Crippen molar-refractivity contribution in [2.45, 2.75) is 6.61 Å². The summed E-state index contributed by atoms with van der Waals surface area (Å²) in [4.78, 5) is 8.10. The van der Waals surface area contributed by atoms with E-state index in [1.54, 1.807) is 18.3 Å². The maximum absolute atomic E-state index is 13.1. The van der Waals surface area contributed by atoms with Gasteiger partial charge in [-0.3, -0.25) is 4.98 Å². The SMILES string of the molecule is OCc1cc(F)cnc1Oc1cccc2ncccc12. The second kappa shape index (κ2) is 5.22. The first-order valence-corrected chi connectivity index (χ1v) is 6.05. The van der Waals surface area contributed by atoms with E-state index in [9.17, 15) is 9.50 Å². The first-order chi connectivity index (χ1) is 9.78. The van der Waals surface area contributed by atoms with Crippen molar-refractivity contribution in [3.8, 4) is 11.6 Å². The Kier molecular flexibility index (Phi) is 3.26. The third-order valence-electron chi connectivity index (χ3n) is 2.87. The Hall–Kier alpha value is -2.53. The molecule has 3 aromatic rings. The van der Waals surface area contributed by atoms with Gasteiger partial charge >= 0.3 is 0 Å². The molecule has 0 saturated carbocycles. The third-order valence-corrected chi connectivity index (χ3v) is 2.87. The molecular formula is C15H11FN2O2. The molecule has 0 aliphatic carbocycles. The van der Waals surface area contributed by atoms with Crippen LogP contribution in [0.3, 0.4) is 0 Å². The van der Waals surface area contributed by atoms with Gasteiger partial charge in [0, 0.05) is 17.1 Å². The van der Waals surface area contributed by atoms with Crippen LogP contribution < -0.4 is 4.74 Å². The van der Waals surface area contributed by atoms with Gasteiger partial charge in [0.25, 0.3) is 0 Å². The van der Waals surface area contributed by atoms with Gasteiger partial charge in [0.2, 0.25) is 5.88 Å². The highest BCUT2D eigenvalue weighted by atomic mass is 19.1. The highest BCUT2D eigenvalue weighted by molar-refractivity contribution is 5.85. The number of pyridine rings is 2. The van der Waals surface area contributed by atoms with Crippen molar-refractivity contribution in [3.63, 3.8) is 0 Å². The van der Waals surface area contributed by atoms with Crippen LogP contribution in [0.2, 0.25) is 0 Å². The van der Waals surface area contributed by atoms with Gasteiger partial charge in [-0.1, -0.05) is 6.07 Å². The zero-order valence-corrected chi connectivity index (χ0v) is 10.5. The van der Waals surface area contributed by atoms with Crippen LogP contribution in [0.15, 0.2) is 48.8 Å². The number of rotatable bonds is 3. The molecule has 0 spiro atoms. The molecule has 5 heteroatoms. The van der Waals surface area contributed by atoms with E-state index in [4.69, 9.17) is 4.74 Å². The predicted octanol–water partition coefficient (Wildman–Crippen LogP) is 3.05. The lowest BCUT2D eigenvalue weighted by atomic mass is 10.2. The number of ether oxygens (including phenoxy) is 1. The maximum atomic E-state index is 13.1. The molecule has 100 valence electrons. The van der Waals surface area contributed by atoms with Crippen LogP contribution in [0.4, 0.5) is 4.39 Å². The summed E-state index contributed by atoms with van der Waals surface area (Å²) in [5, 5.41) is 10.1. The normalized spacial score (nSPS) is 10.7. The number of fused-ring (bicyclic) bond motifs is 1. The molecule has 0 fully saturated rings. The van der Waals surface area contributed by atoms with Crippen molar-refractivity contribution >= 4 is 10.9 Å². The van der Waals surface area contributed by atoms with Gasteiger partial charge in [0.05, 0.1) is 18.3 Å². The smallest absolute Gasteiger partial charge is 0.224 e. The average Bonchev–Trinajstić information content (AvgIpc) is 2.49. The van der Waals surface area contributed by atoms with Crippen LogP contribution in [0.1, 0.15) is 5.56 Å². The molecule has 3 rings (SSSR count). The number of nitrogens with zero attached hydrogens (tertiary/aromatic N) is 2. The maximum Gasteiger partial charge on any atom is 0.224 e. The number of hydrogen-bond acceptors (Lipinski definition) is 4. The Bertz CT molecular complexity index is 756. The summed E-state index contributed by atoms with van der Waals surface area (Å²) < 4.78 is 18.8. The zero-order chi connectivity index (χ0) is 13.9. The fourth-order valence-electron chi connectivity index (χ4n) is 1.94. The largest absolute Gasteiger partial charge is 0.438 e. The van der Waals surface area contributed by atoms with Crippen LogP contribution >= 0.6 is 0 Å². The molecule has 1 aromatic carbocycles. The monoisotopic (exact) mass is 270 g/mol. The molecule has 0 aliphatic rings. The summed E-state index contributed by atoms with van der Waals surface area (Å²) >= 11 is 0. The quantitative estimate of drug-likeness (QED) is 0.794. The molecule has 0 unspecified atom stereocenters. The van der Waals surface area contributed by atoms with E-state index in [0.29, 0.717) is 11.3 Å². The first kappa shape index (κ1) is 12.5. The Balaban J connectivity index is 2.05. The van der Waals surface area contributed by atoms with Crippen LogP contribution in [-0.2, 0) is 6.61 Å². The molecule has 1 N–H and O–H groups in total. The summed E-state index contributed by atoms with van der Waals surface area (Å²) in [6.07, 6.45) is 2.75. The minimum atomic E-state index is -0.513. The molecule has 4 nitrogen and oxygen atoms in total. The van der Waals surface area contributed by atoms with Crippen LogP contribution in [-0.4, -0.2) is 15.1 Å².